The molecular weight excluding hydrogens is 277 g/mol. The number of ether oxygens (including phenoxy) is 2. The van der Waals surface area contributed by atoms with Crippen molar-refractivity contribution in [2.45, 2.75) is 38.3 Å². The normalized spacial score (nSPS) is 24.2. The van der Waals surface area contributed by atoms with E-state index in [-0.39, 0.29) is 11.3 Å². The van der Waals surface area contributed by atoms with Crippen LogP contribution in [0.1, 0.15) is 31.9 Å². The van der Waals surface area contributed by atoms with Crippen molar-refractivity contribution in [2.24, 2.45) is 0 Å². The summed E-state index contributed by atoms with van der Waals surface area (Å²) in [7, 11) is 0. The van der Waals surface area contributed by atoms with E-state index < -0.39 is 11.9 Å². The smallest absolute Gasteiger partial charge is 0.163 e. The van der Waals surface area contributed by atoms with Gasteiger partial charge in [-0.1, -0.05) is 23.2 Å². The summed E-state index contributed by atoms with van der Waals surface area (Å²) in [6.45, 7) is 4.17. The standard InChI is InChI=1S/C12H15Cl2NO3/c1-12(2)17-6-8(18-12)4-10(16)7-3-9(13)11(14)15-5-7/h3,5,8,10,16H,4,6H2,1-2H3/t8-,10?/m1/s1. The minimum atomic E-state index is -0.699. The molecule has 0 aliphatic carbocycles. The van der Waals surface area contributed by atoms with Crippen LogP contribution in [0.25, 0.3) is 0 Å². The summed E-state index contributed by atoms with van der Waals surface area (Å²) in [5.41, 5.74) is 0.623. The third-order valence-electron chi connectivity index (χ3n) is 2.76. The molecule has 2 atom stereocenters. The lowest BCUT2D eigenvalue weighted by atomic mass is 10.1. The molecule has 4 nitrogen and oxygen atoms in total. The first-order valence-electron chi connectivity index (χ1n) is 5.68. The molecule has 0 bridgehead atoms. The van der Waals surface area contributed by atoms with Crippen LogP contribution >= 0.6 is 23.2 Å². The first-order chi connectivity index (χ1) is 8.37. The highest BCUT2D eigenvalue weighted by molar-refractivity contribution is 6.41. The molecule has 6 heteroatoms. The Hall–Kier alpha value is -0.390. The van der Waals surface area contributed by atoms with Crippen LogP contribution < -0.4 is 0 Å². The zero-order valence-corrected chi connectivity index (χ0v) is 11.7. The number of hydrogen-bond acceptors (Lipinski definition) is 4. The summed E-state index contributed by atoms with van der Waals surface area (Å²) in [6, 6.07) is 1.61. The first kappa shape index (κ1) is 14.0. The highest BCUT2D eigenvalue weighted by atomic mass is 35.5. The lowest BCUT2D eigenvalue weighted by Gasteiger charge is -2.19. The van der Waals surface area contributed by atoms with E-state index in [1.165, 1.54) is 6.20 Å². The van der Waals surface area contributed by atoms with Crippen LogP contribution in [0.5, 0.6) is 0 Å². The van der Waals surface area contributed by atoms with Crippen LogP contribution in [-0.2, 0) is 9.47 Å². The Labute approximate surface area is 116 Å². The van der Waals surface area contributed by atoms with Gasteiger partial charge in [-0.3, -0.25) is 0 Å². The molecule has 0 spiro atoms. The molecule has 1 unspecified atom stereocenters. The number of nitrogens with zero attached hydrogens (tertiary/aromatic N) is 1. The molecule has 1 aliphatic rings. The number of hydrogen-bond donors (Lipinski definition) is 1. The lowest BCUT2D eigenvalue weighted by Crippen LogP contribution is -2.22. The molecule has 1 aromatic heterocycles. The lowest BCUT2D eigenvalue weighted by molar-refractivity contribution is -0.141. The topological polar surface area (TPSA) is 51.6 Å². The summed E-state index contributed by atoms with van der Waals surface area (Å²) in [4.78, 5) is 3.90. The number of pyridine rings is 1. The van der Waals surface area contributed by atoms with Crippen LogP contribution in [0.4, 0.5) is 0 Å². The summed E-state index contributed by atoms with van der Waals surface area (Å²) < 4.78 is 11.1. The van der Waals surface area contributed by atoms with Crippen molar-refractivity contribution in [1.82, 2.24) is 4.98 Å². The molecule has 18 heavy (non-hydrogen) atoms. The van der Waals surface area contributed by atoms with Gasteiger partial charge < -0.3 is 14.6 Å². The first-order valence-corrected chi connectivity index (χ1v) is 6.44. The van der Waals surface area contributed by atoms with E-state index in [9.17, 15) is 5.11 Å². The molecule has 2 heterocycles. The molecule has 0 amide bonds. The van der Waals surface area contributed by atoms with Crippen LogP contribution in [0.2, 0.25) is 10.2 Å². The molecular formula is C12H15Cl2NO3. The fourth-order valence-electron chi connectivity index (χ4n) is 1.88. The zero-order chi connectivity index (χ0) is 13.3. The summed E-state index contributed by atoms with van der Waals surface area (Å²) in [6.07, 6.45) is 1.11. The van der Waals surface area contributed by atoms with Gasteiger partial charge in [-0.15, -0.1) is 0 Å². The van der Waals surface area contributed by atoms with Gasteiger partial charge >= 0.3 is 0 Å². The Morgan fingerprint density at radius 1 is 1.56 bits per heavy atom. The van der Waals surface area contributed by atoms with Gasteiger partial charge in [0.1, 0.15) is 5.15 Å². The van der Waals surface area contributed by atoms with Crippen molar-refractivity contribution in [3.63, 3.8) is 0 Å². The molecule has 1 aliphatic heterocycles. The van der Waals surface area contributed by atoms with Gasteiger partial charge in [0, 0.05) is 18.2 Å². The quantitative estimate of drug-likeness (QED) is 0.870. The van der Waals surface area contributed by atoms with Crippen molar-refractivity contribution in [3.8, 4) is 0 Å². The largest absolute Gasteiger partial charge is 0.388 e. The Bertz CT molecular complexity index is 439. The third kappa shape index (κ3) is 3.33. The number of aliphatic hydroxyl groups is 1. The molecule has 100 valence electrons. The number of rotatable bonds is 3. The van der Waals surface area contributed by atoms with Gasteiger partial charge in [0.25, 0.3) is 0 Å². The van der Waals surface area contributed by atoms with E-state index in [1.807, 2.05) is 13.8 Å². The molecule has 0 radical (unpaired) electrons. The van der Waals surface area contributed by atoms with E-state index in [1.54, 1.807) is 6.07 Å². The highest BCUT2D eigenvalue weighted by Crippen LogP contribution is 2.30. The SMILES string of the molecule is CC1(C)OC[C@@H](CC(O)c2cnc(Cl)c(Cl)c2)O1. The van der Waals surface area contributed by atoms with Gasteiger partial charge in [0.15, 0.2) is 5.79 Å². The van der Waals surface area contributed by atoms with Crippen molar-refractivity contribution in [1.29, 1.82) is 0 Å². The average molecular weight is 292 g/mol. The van der Waals surface area contributed by atoms with Gasteiger partial charge in [0.05, 0.1) is 23.8 Å². The van der Waals surface area contributed by atoms with Crippen molar-refractivity contribution >= 4 is 23.2 Å². The minimum Gasteiger partial charge on any atom is -0.388 e. The summed E-state index contributed by atoms with van der Waals surface area (Å²) >= 11 is 11.6. The zero-order valence-electron chi connectivity index (χ0n) is 10.2. The summed E-state index contributed by atoms with van der Waals surface area (Å²) in [5.74, 6) is -0.583. The number of aliphatic hydroxyl groups excluding tert-OH is 1. The second kappa shape index (κ2) is 5.31. The fourth-order valence-corrected chi connectivity index (χ4v) is 2.16. The highest BCUT2D eigenvalue weighted by Gasteiger charge is 2.33. The van der Waals surface area contributed by atoms with E-state index in [4.69, 9.17) is 32.7 Å². The Morgan fingerprint density at radius 2 is 2.28 bits per heavy atom. The van der Waals surface area contributed by atoms with Crippen LogP contribution in [0.3, 0.4) is 0 Å². The molecule has 1 fully saturated rings. The molecule has 1 saturated heterocycles. The van der Waals surface area contributed by atoms with Gasteiger partial charge in [-0.25, -0.2) is 4.98 Å². The summed E-state index contributed by atoms with van der Waals surface area (Å²) in [5, 5.41) is 10.7. The van der Waals surface area contributed by atoms with E-state index in [2.05, 4.69) is 4.98 Å². The van der Waals surface area contributed by atoms with E-state index >= 15 is 0 Å². The van der Waals surface area contributed by atoms with Crippen LogP contribution in [0, 0.1) is 0 Å². The molecule has 0 aromatic carbocycles. The van der Waals surface area contributed by atoms with Crippen LogP contribution in [0.15, 0.2) is 12.3 Å². The fraction of sp³-hybridized carbons (Fsp3) is 0.583. The molecule has 0 saturated carbocycles. The Morgan fingerprint density at radius 3 is 2.83 bits per heavy atom. The number of halogens is 2. The average Bonchev–Trinajstić information content (AvgIpc) is 2.62. The maximum absolute atomic E-state index is 10.1. The van der Waals surface area contributed by atoms with E-state index in [0.717, 1.165) is 0 Å². The molecule has 1 N–H and O–H groups in total. The Balaban J connectivity index is 1.99. The second-order valence-electron chi connectivity index (χ2n) is 4.74. The van der Waals surface area contributed by atoms with E-state index in [0.29, 0.717) is 23.6 Å². The predicted molar refractivity (Wildman–Crippen MR) is 68.7 cm³/mol. The minimum absolute atomic E-state index is 0.135. The second-order valence-corrected chi connectivity index (χ2v) is 5.51. The van der Waals surface area contributed by atoms with Crippen LogP contribution in [-0.4, -0.2) is 28.6 Å². The third-order valence-corrected chi connectivity index (χ3v) is 3.44. The van der Waals surface area contributed by atoms with Gasteiger partial charge in [-0.05, 0) is 19.9 Å². The van der Waals surface area contributed by atoms with Crippen molar-refractivity contribution in [3.05, 3.63) is 28.0 Å². The Kier molecular flexibility index (Phi) is 4.14. The maximum Gasteiger partial charge on any atom is 0.163 e. The maximum atomic E-state index is 10.1. The predicted octanol–water partition coefficient (Wildman–Crippen LogP) is 2.96. The monoisotopic (exact) mass is 291 g/mol. The molecule has 1 aromatic rings. The van der Waals surface area contributed by atoms with Crippen molar-refractivity contribution in [2.75, 3.05) is 6.61 Å². The van der Waals surface area contributed by atoms with Gasteiger partial charge in [0.2, 0.25) is 0 Å². The number of aromatic nitrogens is 1. The van der Waals surface area contributed by atoms with Crippen molar-refractivity contribution < 1.29 is 14.6 Å². The molecule has 2 rings (SSSR count). The van der Waals surface area contributed by atoms with Gasteiger partial charge in [-0.2, -0.15) is 0 Å².